The van der Waals surface area contributed by atoms with Gasteiger partial charge in [-0.05, 0) is 30.1 Å². The first kappa shape index (κ1) is 13.0. The maximum Gasteiger partial charge on any atom is 0.272 e. The van der Waals surface area contributed by atoms with E-state index in [4.69, 9.17) is 17.0 Å². The number of fused-ring (bicyclic) bond motifs is 1. The summed E-state index contributed by atoms with van der Waals surface area (Å²) in [7, 11) is 1.72. The number of aromatic nitrogens is 2. The molecule has 1 N–H and O–H groups in total. The summed E-state index contributed by atoms with van der Waals surface area (Å²) in [6.07, 6.45) is 1.01. The zero-order chi connectivity index (χ0) is 13.8. The van der Waals surface area contributed by atoms with Crippen molar-refractivity contribution in [3.63, 3.8) is 0 Å². The van der Waals surface area contributed by atoms with Crippen LogP contribution in [0, 0.1) is 10.2 Å². The van der Waals surface area contributed by atoms with Crippen LogP contribution >= 0.6 is 23.6 Å². The van der Waals surface area contributed by atoms with E-state index in [1.165, 1.54) is 11.3 Å². The zero-order valence-electron chi connectivity index (χ0n) is 11.1. The van der Waals surface area contributed by atoms with E-state index in [9.17, 15) is 4.79 Å². The molecule has 2 unspecified atom stereocenters. The number of nitrogens with zero attached hydrogens (tertiary/aromatic N) is 1. The van der Waals surface area contributed by atoms with Gasteiger partial charge in [-0.25, -0.2) is 0 Å². The number of H-pyrrole nitrogens is 1. The van der Waals surface area contributed by atoms with Crippen molar-refractivity contribution >= 4 is 33.8 Å². The lowest BCUT2D eigenvalue weighted by molar-refractivity contribution is -0.114. The molecule has 0 bridgehead atoms. The molecular weight excluding hydrogens is 280 g/mol. The third kappa shape index (κ3) is 1.74. The largest absolute Gasteiger partial charge is 0.381 e. The average molecular weight is 296 g/mol. The van der Waals surface area contributed by atoms with Crippen LogP contribution in [0.25, 0.3) is 10.2 Å². The van der Waals surface area contributed by atoms with Crippen LogP contribution < -0.4 is 5.56 Å². The number of methoxy groups -OCH3 is 1. The van der Waals surface area contributed by atoms with Gasteiger partial charge in [-0.1, -0.05) is 13.8 Å². The van der Waals surface area contributed by atoms with Crippen LogP contribution in [0.2, 0.25) is 0 Å². The lowest BCUT2D eigenvalue weighted by atomic mass is 9.64. The molecule has 19 heavy (non-hydrogen) atoms. The molecule has 4 nitrogen and oxygen atoms in total. The Labute approximate surface area is 120 Å². The summed E-state index contributed by atoms with van der Waals surface area (Å²) in [4.78, 5) is 15.7. The molecule has 0 spiro atoms. The van der Waals surface area contributed by atoms with Gasteiger partial charge in [-0.3, -0.25) is 9.36 Å². The van der Waals surface area contributed by atoms with Crippen molar-refractivity contribution in [2.24, 2.45) is 5.41 Å². The van der Waals surface area contributed by atoms with Crippen molar-refractivity contribution in [3.8, 4) is 0 Å². The lowest BCUT2D eigenvalue weighted by Gasteiger charge is -2.51. The van der Waals surface area contributed by atoms with Crippen LogP contribution in [-0.4, -0.2) is 22.8 Å². The van der Waals surface area contributed by atoms with Crippen molar-refractivity contribution in [1.82, 2.24) is 9.55 Å². The fraction of sp³-hybridized carbons (Fsp3) is 0.538. The van der Waals surface area contributed by atoms with E-state index in [2.05, 4.69) is 18.8 Å². The Hall–Kier alpha value is -0.980. The van der Waals surface area contributed by atoms with Crippen molar-refractivity contribution in [3.05, 3.63) is 26.6 Å². The van der Waals surface area contributed by atoms with Gasteiger partial charge < -0.3 is 9.72 Å². The summed E-state index contributed by atoms with van der Waals surface area (Å²) in [5.41, 5.74) is 0.767. The molecule has 102 valence electrons. The van der Waals surface area contributed by atoms with Crippen LogP contribution in [0.4, 0.5) is 0 Å². The Morgan fingerprint density at radius 2 is 2.32 bits per heavy atom. The molecule has 1 saturated carbocycles. The van der Waals surface area contributed by atoms with Gasteiger partial charge in [0.2, 0.25) is 0 Å². The predicted molar refractivity (Wildman–Crippen MR) is 79.5 cm³/mol. The summed E-state index contributed by atoms with van der Waals surface area (Å²) < 4.78 is 8.42. The van der Waals surface area contributed by atoms with E-state index in [1.54, 1.807) is 11.7 Å². The van der Waals surface area contributed by atoms with Gasteiger partial charge in [0.1, 0.15) is 4.70 Å². The zero-order valence-corrected chi connectivity index (χ0v) is 12.7. The maximum absolute atomic E-state index is 12.6. The average Bonchev–Trinajstić information content (AvgIpc) is 2.80. The quantitative estimate of drug-likeness (QED) is 0.866. The minimum absolute atomic E-state index is 0.0152. The molecule has 6 heteroatoms. The summed E-state index contributed by atoms with van der Waals surface area (Å²) in [5, 5.41) is 1.91. The van der Waals surface area contributed by atoms with E-state index in [1.807, 2.05) is 11.4 Å². The maximum atomic E-state index is 12.6. The van der Waals surface area contributed by atoms with Crippen LogP contribution in [0.1, 0.15) is 26.3 Å². The van der Waals surface area contributed by atoms with Crippen LogP contribution in [0.15, 0.2) is 16.2 Å². The van der Waals surface area contributed by atoms with Crippen molar-refractivity contribution in [1.29, 1.82) is 0 Å². The topological polar surface area (TPSA) is 47.0 Å². The highest BCUT2D eigenvalue weighted by molar-refractivity contribution is 7.71. The first-order chi connectivity index (χ1) is 8.96. The monoisotopic (exact) mass is 296 g/mol. The Morgan fingerprint density at radius 1 is 1.58 bits per heavy atom. The smallest absolute Gasteiger partial charge is 0.272 e. The minimum atomic E-state index is -0.0785. The van der Waals surface area contributed by atoms with E-state index in [0.29, 0.717) is 4.77 Å². The molecule has 2 heterocycles. The third-order valence-electron chi connectivity index (χ3n) is 4.26. The number of hydrogen-bond donors (Lipinski definition) is 1. The minimum Gasteiger partial charge on any atom is -0.381 e. The van der Waals surface area contributed by atoms with Gasteiger partial charge in [-0.15, -0.1) is 11.3 Å². The molecular formula is C13H16N2O2S2. The highest BCUT2D eigenvalue weighted by Gasteiger charge is 2.50. The van der Waals surface area contributed by atoms with Crippen LogP contribution in [0.5, 0.6) is 0 Å². The van der Waals surface area contributed by atoms with Crippen molar-refractivity contribution in [2.45, 2.75) is 32.4 Å². The van der Waals surface area contributed by atoms with Gasteiger partial charge in [0.25, 0.3) is 5.56 Å². The lowest BCUT2D eigenvalue weighted by Crippen LogP contribution is -2.53. The molecule has 2 atom stereocenters. The second-order valence-electron chi connectivity index (χ2n) is 5.57. The Bertz CT molecular complexity index is 741. The Kier molecular flexibility index (Phi) is 2.92. The third-order valence-corrected chi connectivity index (χ3v) is 5.46. The van der Waals surface area contributed by atoms with E-state index in [0.717, 1.165) is 16.6 Å². The number of aromatic amines is 1. The molecule has 3 rings (SSSR count). The molecule has 0 amide bonds. The van der Waals surface area contributed by atoms with E-state index >= 15 is 0 Å². The molecule has 0 aliphatic heterocycles. The van der Waals surface area contributed by atoms with Gasteiger partial charge in [0.05, 0.1) is 11.6 Å². The second-order valence-corrected chi connectivity index (χ2v) is 6.87. The molecule has 1 aliphatic rings. The molecule has 2 aromatic rings. The molecule has 2 aromatic heterocycles. The molecule has 0 saturated heterocycles. The Morgan fingerprint density at radius 3 is 2.95 bits per heavy atom. The number of thiophene rings is 1. The summed E-state index contributed by atoms with van der Waals surface area (Å²) >= 11 is 6.81. The predicted octanol–water partition coefficient (Wildman–Crippen LogP) is 3.11. The van der Waals surface area contributed by atoms with E-state index < -0.39 is 0 Å². The highest BCUT2D eigenvalue weighted by atomic mass is 32.1. The van der Waals surface area contributed by atoms with Crippen LogP contribution in [0.3, 0.4) is 0 Å². The summed E-state index contributed by atoms with van der Waals surface area (Å²) in [6.45, 7) is 4.24. The summed E-state index contributed by atoms with van der Waals surface area (Å²) in [6, 6.07) is 1.99. The number of rotatable bonds is 2. The first-order valence-electron chi connectivity index (χ1n) is 6.21. The number of nitrogens with one attached hydrogen (secondary N) is 1. The summed E-state index contributed by atoms with van der Waals surface area (Å²) in [5.74, 6) is 0. The van der Waals surface area contributed by atoms with Gasteiger partial charge in [0.15, 0.2) is 4.77 Å². The highest BCUT2D eigenvalue weighted by Crippen LogP contribution is 2.50. The fourth-order valence-corrected chi connectivity index (χ4v) is 4.04. The molecule has 1 fully saturated rings. The van der Waals surface area contributed by atoms with Gasteiger partial charge >= 0.3 is 0 Å². The first-order valence-corrected chi connectivity index (χ1v) is 7.50. The second kappa shape index (κ2) is 4.26. The normalized spacial score (nSPS) is 25.4. The fourth-order valence-electron chi connectivity index (χ4n) is 2.94. The SMILES string of the molecule is COC1CC(n2c(=S)[nH]c3ccsc3c2=O)C1(C)C. The van der Waals surface area contributed by atoms with Crippen molar-refractivity contribution < 1.29 is 4.74 Å². The van der Waals surface area contributed by atoms with Gasteiger partial charge in [-0.2, -0.15) is 0 Å². The molecule has 0 aromatic carbocycles. The van der Waals surface area contributed by atoms with E-state index in [-0.39, 0.29) is 23.1 Å². The number of hydrogen-bond acceptors (Lipinski definition) is 4. The standard InChI is InChI=1S/C13H16N2O2S2/c1-13(2)8(6-9(13)17-3)15-11(16)10-7(4-5-19-10)14-12(15)18/h4-5,8-9H,6H2,1-3H3,(H,14,18). The van der Waals surface area contributed by atoms with Crippen LogP contribution in [-0.2, 0) is 4.74 Å². The Balaban J connectivity index is 2.17. The molecule has 0 radical (unpaired) electrons. The van der Waals surface area contributed by atoms with Crippen molar-refractivity contribution in [2.75, 3.05) is 7.11 Å². The molecule has 1 aliphatic carbocycles. The number of ether oxygens (including phenoxy) is 1. The van der Waals surface area contributed by atoms with Gasteiger partial charge in [0, 0.05) is 18.6 Å².